The van der Waals surface area contributed by atoms with E-state index in [2.05, 4.69) is 16.0 Å². The van der Waals surface area contributed by atoms with Gasteiger partial charge in [0.05, 0.1) is 13.2 Å². The lowest BCUT2D eigenvalue weighted by atomic mass is 10.0. The van der Waals surface area contributed by atoms with Gasteiger partial charge in [-0.3, -0.25) is 0 Å². The van der Waals surface area contributed by atoms with E-state index in [4.69, 9.17) is 4.74 Å². The van der Waals surface area contributed by atoms with E-state index >= 15 is 0 Å². The van der Waals surface area contributed by atoms with Gasteiger partial charge in [-0.15, -0.1) is 0 Å². The number of para-hydroxylation sites is 1. The van der Waals surface area contributed by atoms with Crippen LogP contribution in [0.15, 0.2) is 72.8 Å². The molecule has 0 aliphatic carbocycles. The number of ether oxygens (including phenoxy) is 1. The Hall–Kier alpha value is -4.00. The summed E-state index contributed by atoms with van der Waals surface area (Å²) in [6.07, 6.45) is 1.87. The number of nitrogens with zero attached hydrogens (tertiary/aromatic N) is 1. The quantitative estimate of drug-likeness (QED) is 0.450. The first-order chi connectivity index (χ1) is 16.0. The minimum absolute atomic E-state index is 0.0224. The molecule has 7 nitrogen and oxygen atoms in total. The first-order valence-electron chi connectivity index (χ1n) is 11.0. The third-order valence-electron chi connectivity index (χ3n) is 5.78. The lowest BCUT2D eigenvalue weighted by Gasteiger charge is -2.26. The van der Waals surface area contributed by atoms with Crippen LogP contribution in [0.2, 0.25) is 0 Å². The number of hydrogen-bond donors (Lipinski definition) is 3. The lowest BCUT2D eigenvalue weighted by molar-refractivity contribution is 0.207. The Bertz CT molecular complexity index is 1120. The van der Waals surface area contributed by atoms with E-state index in [-0.39, 0.29) is 18.1 Å². The fourth-order valence-corrected chi connectivity index (χ4v) is 4.02. The predicted molar refractivity (Wildman–Crippen MR) is 131 cm³/mol. The number of likely N-dealkylation sites (tertiary alicyclic amines) is 1. The van der Waals surface area contributed by atoms with Crippen LogP contribution in [0.25, 0.3) is 0 Å². The van der Waals surface area contributed by atoms with Crippen LogP contribution in [-0.4, -0.2) is 30.6 Å². The van der Waals surface area contributed by atoms with Gasteiger partial charge >= 0.3 is 12.1 Å². The van der Waals surface area contributed by atoms with Crippen molar-refractivity contribution >= 4 is 29.1 Å². The summed E-state index contributed by atoms with van der Waals surface area (Å²) in [5, 5.41) is 8.64. The normalized spacial score (nSPS) is 15.1. The molecule has 0 aromatic heterocycles. The molecule has 1 saturated heterocycles. The molecular weight excluding hydrogens is 416 g/mol. The minimum Gasteiger partial charge on any atom is -0.497 e. The van der Waals surface area contributed by atoms with Crippen molar-refractivity contribution in [2.75, 3.05) is 29.6 Å². The van der Waals surface area contributed by atoms with E-state index in [0.29, 0.717) is 23.6 Å². The largest absolute Gasteiger partial charge is 0.497 e. The van der Waals surface area contributed by atoms with Gasteiger partial charge in [-0.2, -0.15) is 0 Å². The van der Waals surface area contributed by atoms with Crippen molar-refractivity contribution in [3.8, 4) is 5.75 Å². The zero-order chi connectivity index (χ0) is 23.2. The van der Waals surface area contributed by atoms with Crippen LogP contribution in [-0.2, 0) is 0 Å². The number of amides is 4. The number of aryl methyl sites for hydroxylation is 1. The SMILES string of the molecule is COc1ccc(C2CCCN2C(=O)Nc2cc(NC(=O)Nc3ccccc3)ccc2C)cc1. The van der Waals surface area contributed by atoms with E-state index in [9.17, 15) is 9.59 Å². The first kappa shape index (κ1) is 22.2. The summed E-state index contributed by atoms with van der Waals surface area (Å²) in [4.78, 5) is 27.3. The standard InChI is InChI=1S/C26H28N4O3/c1-18-10-13-21(28-25(31)27-20-7-4-3-5-8-20)17-23(18)29-26(32)30-16-6-9-24(30)19-11-14-22(33-2)15-12-19/h3-5,7-8,10-15,17,24H,6,9,16H2,1-2H3,(H,29,32)(H2,27,28,31). The van der Waals surface area contributed by atoms with Gasteiger partial charge in [0.2, 0.25) is 0 Å². The van der Waals surface area contributed by atoms with Crippen molar-refractivity contribution in [2.24, 2.45) is 0 Å². The van der Waals surface area contributed by atoms with Gasteiger partial charge in [-0.25, -0.2) is 9.59 Å². The molecule has 33 heavy (non-hydrogen) atoms. The Kier molecular flexibility index (Phi) is 6.78. The molecule has 4 amide bonds. The summed E-state index contributed by atoms with van der Waals surface area (Å²) in [6, 6.07) is 22.1. The van der Waals surface area contributed by atoms with E-state index < -0.39 is 0 Å². The van der Waals surface area contributed by atoms with Crippen LogP contribution in [0.5, 0.6) is 5.75 Å². The number of methoxy groups -OCH3 is 1. The second-order valence-electron chi connectivity index (χ2n) is 8.03. The van der Waals surface area contributed by atoms with Crippen molar-refractivity contribution in [1.82, 2.24) is 4.90 Å². The molecule has 1 aliphatic rings. The van der Waals surface area contributed by atoms with Gasteiger partial charge < -0.3 is 25.6 Å². The second-order valence-corrected chi connectivity index (χ2v) is 8.03. The summed E-state index contributed by atoms with van der Waals surface area (Å²) in [7, 11) is 1.64. The highest BCUT2D eigenvalue weighted by molar-refractivity contribution is 6.00. The molecule has 1 fully saturated rings. The molecule has 3 N–H and O–H groups in total. The molecule has 1 heterocycles. The van der Waals surface area contributed by atoms with Crippen LogP contribution < -0.4 is 20.7 Å². The monoisotopic (exact) mass is 444 g/mol. The zero-order valence-corrected chi connectivity index (χ0v) is 18.8. The van der Waals surface area contributed by atoms with E-state index in [1.165, 1.54) is 0 Å². The number of benzene rings is 3. The van der Waals surface area contributed by atoms with Gasteiger partial charge in [0, 0.05) is 23.6 Å². The fraction of sp³-hybridized carbons (Fsp3) is 0.231. The number of urea groups is 2. The Balaban J connectivity index is 1.43. The van der Waals surface area contributed by atoms with Crippen LogP contribution >= 0.6 is 0 Å². The molecular formula is C26H28N4O3. The van der Waals surface area contributed by atoms with Gasteiger partial charge in [0.25, 0.3) is 0 Å². The molecule has 0 spiro atoms. The maximum absolute atomic E-state index is 13.1. The smallest absolute Gasteiger partial charge is 0.323 e. The minimum atomic E-state index is -0.346. The molecule has 7 heteroatoms. The van der Waals surface area contributed by atoms with Gasteiger partial charge in [0.15, 0.2) is 0 Å². The van der Waals surface area contributed by atoms with Crippen molar-refractivity contribution < 1.29 is 14.3 Å². The van der Waals surface area contributed by atoms with Gasteiger partial charge in [0.1, 0.15) is 5.75 Å². The van der Waals surface area contributed by atoms with E-state index in [1.807, 2.05) is 78.6 Å². The third-order valence-corrected chi connectivity index (χ3v) is 5.78. The summed E-state index contributed by atoms with van der Waals surface area (Å²) >= 11 is 0. The molecule has 1 aliphatic heterocycles. The zero-order valence-electron chi connectivity index (χ0n) is 18.8. The van der Waals surface area contributed by atoms with Crippen molar-refractivity contribution in [2.45, 2.75) is 25.8 Å². The predicted octanol–water partition coefficient (Wildman–Crippen LogP) is 6.02. The van der Waals surface area contributed by atoms with Crippen LogP contribution in [0, 0.1) is 6.92 Å². The highest BCUT2D eigenvalue weighted by atomic mass is 16.5. The highest BCUT2D eigenvalue weighted by Crippen LogP contribution is 2.33. The molecule has 4 rings (SSSR count). The number of anilines is 3. The van der Waals surface area contributed by atoms with Crippen LogP contribution in [0.1, 0.15) is 30.0 Å². The van der Waals surface area contributed by atoms with E-state index in [1.54, 1.807) is 13.2 Å². The second kappa shape index (κ2) is 10.1. The molecule has 1 unspecified atom stereocenters. The fourth-order valence-electron chi connectivity index (χ4n) is 4.02. The molecule has 170 valence electrons. The Morgan fingerprint density at radius 3 is 2.36 bits per heavy atom. The number of hydrogen-bond acceptors (Lipinski definition) is 3. The third kappa shape index (κ3) is 5.44. The average molecular weight is 445 g/mol. The van der Waals surface area contributed by atoms with E-state index in [0.717, 1.165) is 29.7 Å². The van der Waals surface area contributed by atoms with Crippen molar-refractivity contribution in [1.29, 1.82) is 0 Å². The number of nitrogens with one attached hydrogen (secondary N) is 3. The molecule has 3 aromatic rings. The molecule has 0 radical (unpaired) electrons. The number of rotatable bonds is 5. The topological polar surface area (TPSA) is 82.7 Å². The number of carbonyl (C=O) groups excluding carboxylic acids is 2. The van der Waals surface area contributed by atoms with Crippen LogP contribution in [0.4, 0.5) is 26.7 Å². The van der Waals surface area contributed by atoms with Gasteiger partial charge in [-0.05, 0) is 67.3 Å². The Labute approximate surface area is 193 Å². The Morgan fingerprint density at radius 2 is 1.64 bits per heavy atom. The molecule has 3 aromatic carbocycles. The summed E-state index contributed by atoms with van der Waals surface area (Å²) < 4.78 is 5.24. The summed E-state index contributed by atoms with van der Waals surface area (Å²) in [5.74, 6) is 0.795. The maximum atomic E-state index is 13.1. The first-order valence-corrected chi connectivity index (χ1v) is 11.0. The number of carbonyl (C=O) groups is 2. The molecule has 0 saturated carbocycles. The molecule has 0 bridgehead atoms. The van der Waals surface area contributed by atoms with Gasteiger partial charge in [-0.1, -0.05) is 36.4 Å². The summed E-state index contributed by atoms with van der Waals surface area (Å²) in [5.41, 5.74) is 3.97. The van der Waals surface area contributed by atoms with Crippen molar-refractivity contribution in [3.05, 3.63) is 83.9 Å². The van der Waals surface area contributed by atoms with Crippen LogP contribution in [0.3, 0.4) is 0 Å². The summed E-state index contributed by atoms with van der Waals surface area (Å²) in [6.45, 7) is 2.62. The lowest BCUT2D eigenvalue weighted by Crippen LogP contribution is -2.34. The average Bonchev–Trinajstić information content (AvgIpc) is 3.32. The Morgan fingerprint density at radius 1 is 0.909 bits per heavy atom. The maximum Gasteiger partial charge on any atom is 0.323 e. The highest BCUT2D eigenvalue weighted by Gasteiger charge is 2.30. The molecule has 1 atom stereocenters. The van der Waals surface area contributed by atoms with Crippen molar-refractivity contribution in [3.63, 3.8) is 0 Å².